The van der Waals surface area contributed by atoms with Crippen LogP contribution in [0.5, 0.6) is 0 Å². The monoisotopic (exact) mass is 1060 g/mol. The van der Waals surface area contributed by atoms with Gasteiger partial charge in [0.15, 0.2) is 6.10 Å². The van der Waals surface area contributed by atoms with Gasteiger partial charge in [0.1, 0.15) is 13.2 Å². The van der Waals surface area contributed by atoms with Crippen LogP contribution in [0.4, 0.5) is 0 Å². The van der Waals surface area contributed by atoms with E-state index in [-0.39, 0.29) is 31.1 Å². The molecule has 1 unspecified atom stereocenters. The summed E-state index contributed by atoms with van der Waals surface area (Å²) in [5, 5.41) is 0. The topological polar surface area (TPSA) is 78.9 Å². The van der Waals surface area contributed by atoms with Gasteiger partial charge < -0.3 is 14.2 Å². The van der Waals surface area contributed by atoms with Crippen LogP contribution in [0.15, 0.2) is 12.2 Å². The molecular weight excluding hydrogens is 925 g/mol. The van der Waals surface area contributed by atoms with Crippen LogP contribution < -0.4 is 0 Å². The molecular formula is C69H132O6. The molecule has 444 valence electrons. The summed E-state index contributed by atoms with van der Waals surface area (Å²) in [4.78, 5) is 38.1. The number of ether oxygens (including phenoxy) is 3. The highest BCUT2D eigenvalue weighted by atomic mass is 16.6. The molecule has 0 aliphatic rings. The number of esters is 3. The van der Waals surface area contributed by atoms with Gasteiger partial charge in [0.25, 0.3) is 0 Å². The molecule has 6 heteroatoms. The van der Waals surface area contributed by atoms with E-state index in [0.29, 0.717) is 19.3 Å². The Balaban J connectivity index is 3.97. The zero-order valence-corrected chi connectivity index (χ0v) is 51.1. The predicted molar refractivity (Wildman–Crippen MR) is 326 cm³/mol. The van der Waals surface area contributed by atoms with E-state index in [9.17, 15) is 14.4 Å². The van der Waals surface area contributed by atoms with Crippen LogP contribution >= 0.6 is 0 Å². The number of hydrogen-bond donors (Lipinski definition) is 0. The van der Waals surface area contributed by atoms with E-state index in [1.807, 2.05) is 0 Å². The highest BCUT2D eigenvalue weighted by Gasteiger charge is 2.19. The minimum Gasteiger partial charge on any atom is -0.462 e. The Hall–Kier alpha value is -1.85. The van der Waals surface area contributed by atoms with Gasteiger partial charge in [-0.1, -0.05) is 341 Å². The largest absolute Gasteiger partial charge is 0.462 e. The average molecular weight is 1060 g/mol. The fraction of sp³-hybridized carbons (Fsp3) is 0.928. The maximum atomic E-state index is 12.9. The number of carbonyl (C=O) groups excluding carboxylic acids is 3. The summed E-state index contributed by atoms with van der Waals surface area (Å²) in [6.45, 7) is 6.67. The molecule has 0 rings (SSSR count). The van der Waals surface area contributed by atoms with E-state index in [1.165, 1.54) is 295 Å². The molecule has 0 aromatic rings. The SMILES string of the molecule is CCCCCCCC/C=C\CCCCCCCCCC(=O)OC(COC(=O)CCCCCCCCCC)COC(=O)CCCCCCCCCCCCCCCCCCCCCCCCCCCCCCCCCC. The fourth-order valence-electron chi connectivity index (χ4n) is 10.6. The van der Waals surface area contributed by atoms with Crippen molar-refractivity contribution in [2.45, 2.75) is 399 Å². The number of carbonyl (C=O) groups is 3. The van der Waals surface area contributed by atoms with E-state index in [2.05, 4.69) is 32.9 Å². The first-order valence-electron chi connectivity index (χ1n) is 34.2. The Labute approximate surface area is 469 Å². The van der Waals surface area contributed by atoms with Crippen molar-refractivity contribution in [3.05, 3.63) is 12.2 Å². The zero-order valence-electron chi connectivity index (χ0n) is 51.1. The van der Waals surface area contributed by atoms with Crippen LogP contribution in [-0.4, -0.2) is 37.2 Å². The van der Waals surface area contributed by atoms with Gasteiger partial charge in [-0.25, -0.2) is 0 Å². The highest BCUT2D eigenvalue weighted by molar-refractivity contribution is 5.71. The fourth-order valence-corrected chi connectivity index (χ4v) is 10.6. The van der Waals surface area contributed by atoms with Crippen LogP contribution in [0, 0.1) is 0 Å². The van der Waals surface area contributed by atoms with Gasteiger partial charge in [-0.15, -0.1) is 0 Å². The van der Waals surface area contributed by atoms with Crippen molar-refractivity contribution in [1.29, 1.82) is 0 Å². The van der Waals surface area contributed by atoms with Gasteiger partial charge in [0, 0.05) is 19.3 Å². The zero-order chi connectivity index (χ0) is 54.3. The van der Waals surface area contributed by atoms with Crippen molar-refractivity contribution in [1.82, 2.24) is 0 Å². The molecule has 0 amide bonds. The molecule has 75 heavy (non-hydrogen) atoms. The first-order valence-corrected chi connectivity index (χ1v) is 34.2. The quantitative estimate of drug-likeness (QED) is 0.0261. The molecule has 0 N–H and O–H groups in total. The molecule has 0 radical (unpaired) electrons. The molecule has 0 bridgehead atoms. The second-order valence-electron chi connectivity index (χ2n) is 23.5. The maximum Gasteiger partial charge on any atom is 0.306 e. The lowest BCUT2D eigenvalue weighted by atomic mass is 10.0. The van der Waals surface area contributed by atoms with E-state index in [4.69, 9.17) is 14.2 Å². The third-order valence-corrected chi connectivity index (χ3v) is 15.8. The van der Waals surface area contributed by atoms with E-state index < -0.39 is 6.10 Å². The molecule has 0 spiro atoms. The normalized spacial score (nSPS) is 12.0. The first-order chi connectivity index (χ1) is 37.0. The number of hydrogen-bond acceptors (Lipinski definition) is 6. The van der Waals surface area contributed by atoms with Crippen LogP contribution in [0.3, 0.4) is 0 Å². The average Bonchev–Trinajstić information content (AvgIpc) is 3.41. The van der Waals surface area contributed by atoms with Crippen molar-refractivity contribution in [3.63, 3.8) is 0 Å². The summed E-state index contributed by atoms with van der Waals surface area (Å²) < 4.78 is 16.9. The van der Waals surface area contributed by atoms with Crippen molar-refractivity contribution < 1.29 is 28.6 Å². The van der Waals surface area contributed by atoms with Crippen molar-refractivity contribution in [2.75, 3.05) is 13.2 Å². The molecule has 6 nitrogen and oxygen atoms in total. The summed E-state index contributed by atoms with van der Waals surface area (Å²) in [5.74, 6) is -0.848. The summed E-state index contributed by atoms with van der Waals surface area (Å²) in [5.41, 5.74) is 0. The van der Waals surface area contributed by atoms with E-state index >= 15 is 0 Å². The van der Waals surface area contributed by atoms with E-state index in [0.717, 1.165) is 57.8 Å². The Morgan fingerprint density at radius 3 is 0.667 bits per heavy atom. The molecule has 0 aromatic carbocycles. The van der Waals surface area contributed by atoms with Crippen LogP contribution in [0.1, 0.15) is 393 Å². The van der Waals surface area contributed by atoms with Crippen LogP contribution in [-0.2, 0) is 28.6 Å². The Bertz CT molecular complexity index is 1170. The Morgan fingerprint density at radius 1 is 0.253 bits per heavy atom. The minimum absolute atomic E-state index is 0.0660. The first kappa shape index (κ1) is 73.2. The minimum atomic E-state index is -0.767. The van der Waals surface area contributed by atoms with E-state index in [1.54, 1.807) is 0 Å². The van der Waals surface area contributed by atoms with Gasteiger partial charge in [0.2, 0.25) is 0 Å². The summed E-state index contributed by atoms with van der Waals surface area (Å²) in [6.07, 6.45) is 77.0. The number of allylic oxidation sites excluding steroid dienone is 2. The summed E-state index contributed by atoms with van der Waals surface area (Å²) >= 11 is 0. The van der Waals surface area contributed by atoms with Gasteiger partial charge in [-0.05, 0) is 44.9 Å². The molecule has 1 atom stereocenters. The Morgan fingerprint density at radius 2 is 0.440 bits per heavy atom. The summed E-state index contributed by atoms with van der Waals surface area (Å²) in [6, 6.07) is 0. The standard InChI is InChI=1S/C69H132O6/c1-4-7-10-13-16-19-21-23-25-27-28-29-30-31-32-33-34-35-36-37-38-39-40-41-43-44-46-48-50-53-56-59-62-68(71)74-65-66(64-73-67(70)61-58-55-52-18-15-12-9-6-3)75-69(72)63-60-57-54-51-49-47-45-42-26-24-22-20-17-14-11-8-5-2/h24,26,66H,4-23,25,27-65H2,1-3H3/b26-24-. The lowest BCUT2D eigenvalue weighted by Gasteiger charge is -2.18. The molecule has 0 saturated heterocycles. The molecule has 0 aliphatic heterocycles. The maximum absolute atomic E-state index is 12.9. The second kappa shape index (κ2) is 64.7. The predicted octanol–water partition coefficient (Wildman–Crippen LogP) is 23.2. The second-order valence-corrected chi connectivity index (χ2v) is 23.5. The van der Waals surface area contributed by atoms with Crippen LogP contribution in [0.25, 0.3) is 0 Å². The third-order valence-electron chi connectivity index (χ3n) is 15.8. The molecule has 0 fully saturated rings. The highest BCUT2D eigenvalue weighted by Crippen LogP contribution is 2.19. The Kier molecular flexibility index (Phi) is 63.1. The lowest BCUT2D eigenvalue weighted by Crippen LogP contribution is -2.30. The van der Waals surface area contributed by atoms with Crippen molar-refractivity contribution in [3.8, 4) is 0 Å². The van der Waals surface area contributed by atoms with Gasteiger partial charge >= 0.3 is 17.9 Å². The molecule has 0 saturated carbocycles. The lowest BCUT2D eigenvalue weighted by molar-refractivity contribution is -0.167. The van der Waals surface area contributed by atoms with Crippen LogP contribution in [0.2, 0.25) is 0 Å². The van der Waals surface area contributed by atoms with Crippen molar-refractivity contribution in [2.24, 2.45) is 0 Å². The van der Waals surface area contributed by atoms with Crippen molar-refractivity contribution >= 4 is 17.9 Å². The summed E-state index contributed by atoms with van der Waals surface area (Å²) in [7, 11) is 0. The number of rotatable bonds is 64. The third kappa shape index (κ3) is 62.9. The van der Waals surface area contributed by atoms with Gasteiger partial charge in [0.05, 0.1) is 0 Å². The molecule has 0 heterocycles. The van der Waals surface area contributed by atoms with Gasteiger partial charge in [-0.3, -0.25) is 14.4 Å². The number of unbranched alkanes of at least 4 members (excludes halogenated alkanes) is 51. The molecule has 0 aromatic heterocycles. The molecule has 0 aliphatic carbocycles. The smallest absolute Gasteiger partial charge is 0.306 e. The van der Waals surface area contributed by atoms with Gasteiger partial charge in [-0.2, -0.15) is 0 Å².